The Labute approximate surface area is 167 Å². The van der Waals surface area contributed by atoms with E-state index >= 15 is 0 Å². The minimum absolute atomic E-state index is 0.105. The van der Waals surface area contributed by atoms with E-state index in [2.05, 4.69) is 5.92 Å². The van der Waals surface area contributed by atoms with Gasteiger partial charge in [-0.15, -0.1) is 17.8 Å². The van der Waals surface area contributed by atoms with Crippen molar-refractivity contribution < 1.29 is 4.74 Å². The molecule has 0 bridgehead atoms. The van der Waals surface area contributed by atoms with E-state index in [1.54, 1.807) is 11.7 Å². The van der Waals surface area contributed by atoms with E-state index in [9.17, 15) is 4.79 Å². The first-order valence-electron chi connectivity index (χ1n) is 8.85. The molecule has 0 fully saturated rings. The minimum Gasteiger partial charge on any atom is -0.496 e. The van der Waals surface area contributed by atoms with E-state index in [0.717, 1.165) is 26.6 Å². The van der Waals surface area contributed by atoms with E-state index in [1.807, 2.05) is 60.7 Å². The Hall–Kier alpha value is -3.36. The van der Waals surface area contributed by atoms with Crippen LogP contribution >= 0.6 is 11.3 Å². The number of rotatable bonds is 5. The SMILES string of the molecule is C#CCn1c(Cc2ccccc2OC)nc2sc(-c3ccccc3)cc2c1=O. The van der Waals surface area contributed by atoms with Crippen LogP contribution in [0, 0.1) is 12.3 Å². The lowest BCUT2D eigenvalue weighted by Gasteiger charge is -2.12. The number of nitrogens with zero attached hydrogens (tertiary/aromatic N) is 2. The average Bonchev–Trinajstić information content (AvgIpc) is 3.16. The van der Waals surface area contributed by atoms with Crippen LogP contribution in [0.3, 0.4) is 0 Å². The first kappa shape index (κ1) is 18.0. The molecule has 28 heavy (non-hydrogen) atoms. The molecule has 0 amide bonds. The van der Waals surface area contributed by atoms with Crippen LogP contribution in [0.1, 0.15) is 11.4 Å². The third-order valence-electron chi connectivity index (χ3n) is 4.58. The number of aromatic nitrogens is 2. The van der Waals surface area contributed by atoms with Crippen molar-refractivity contribution in [2.75, 3.05) is 7.11 Å². The van der Waals surface area contributed by atoms with E-state index in [-0.39, 0.29) is 12.1 Å². The fourth-order valence-electron chi connectivity index (χ4n) is 3.21. The second-order valence-electron chi connectivity index (χ2n) is 6.31. The number of para-hydroxylation sites is 1. The molecule has 2 heterocycles. The van der Waals surface area contributed by atoms with E-state index in [4.69, 9.17) is 16.1 Å². The number of terminal acetylenes is 1. The van der Waals surface area contributed by atoms with Gasteiger partial charge in [0.2, 0.25) is 0 Å². The van der Waals surface area contributed by atoms with Crippen LogP contribution in [0.25, 0.3) is 20.7 Å². The maximum absolute atomic E-state index is 13.1. The molecule has 4 nitrogen and oxygen atoms in total. The Bertz CT molecular complexity index is 1230. The number of hydrogen-bond donors (Lipinski definition) is 0. The zero-order chi connectivity index (χ0) is 19.5. The fraction of sp³-hybridized carbons (Fsp3) is 0.130. The molecule has 0 radical (unpaired) electrons. The molecule has 4 aromatic rings. The third-order valence-corrected chi connectivity index (χ3v) is 5.66. The van der Waals surface area contributed by atoms with Crippen molar-refractivity contribution in [3.63, 3.8) is 0 Å². The molecule has 0 saturated carbocycles. The average molecular weight is 386 g/mol. The molecule has 0 saturated heterocycles. The molecule has 0 unspecified atom stereocenters. The van der Waals surface area contributed by atoms with Crippen LogP contribution in [0.4, 0.5) is 0 Å². The molecule has 0 aliphatic carbocycles. The van der Waals surface area contributed by atoms with Gasteiger partial charge in [-0.3, -0.25) is 9.36 Å². The summed E-state index contributed by atoms with van der Waals surface area (Å²) in [5.74, 6) is 3.98. The van der Waals surface area contributed by atoms with Crippen molar-refractivity contribution in [1.82, 2.24) is 9.55 Å². The maximum atomic E-state index is 13.1. The lowest BCUT2D eigenvalue weighted by molar-refractivity contribution is 0.410. The van der Waals surface area contributed by atoms with Gasteiger partial charge in [0.1, 0.15) is 16.4 Å². The summed E-state index contributed by atoms with van der Waals surface area (Å²) >= 11 is 1.52. The predicted octanol–water partition coefficient (Wildman–Crippen LogP) is 4.36. The van der Waals surface area contributed by atoms with Crippen molar-refractivity contribution in [3.05, 3.63) is 82.4 Å². The van der Waals surface area contributed by atoms with Gasteiger partial charge < -0.3 is 4.74 Å². The summed E-state index contributed by atoms with van der Waals surface area (Å²) in [7, 11) is 1.63. The van der Waals surface area contributed by atoms with Crippen molar-refractivity contribution in [2.24, 2.45) is 0 Å². The van der Waals surface area contributed by atoms with Gasteiger partial charge in [0.05, 0.1) is 19.0 Å². The second-order valence-corrected chi connectivity index (χ2v) is 7.34. The van der Waals surface area contributed by atoms with Crippen LogP contribution in [0.2, 0.25) is 0 Å². The topological polar surface area (TPSA) is 44.1 Å². The lowest BCUT2D eigenvalue weighted by atomic mass is 10.1. The highest BCUT2D eigenvalue weighted by atomic mass is 32.1. The largest absolute Gasteiger partial charge is 0.496 e. The van der Waals surface area contributed by atoms with Crippen molar-refractivity contribution in [1.29, 1.82) is 0 Å². The third kappa shape index (κ3) is 3.30. The van der Waals surface area contributed by atoms with Crippen LogP contribution in [0.5, 0.6) is 5.75 Å². The summed E-state index contributed by atoms with van der Waals surface area (Å²) in [5.41, 5.74) is 1.92. The van der Waals surface area contributed by atoms with Gasteiger partial charge in [-0.25, -0.2) is 4.98 Å². The van der Waals surface area contributed by atoms with E-state index in [1.165, 1.54) is 11.3 Å². The number of ether oxygens (including phenoxy) is 1. The highest BCUT2D eigenvalue weighted by Crippen LogP contribution is 2.31. The zero-order valence-corrected chi connectivity index (χ0v) is 16.2. The Morgan fingerprint density at radius 2 is 1.89 bits per heavy atom. The Morgan fingerprint density at radius 3 is 2.64 bits per heavy atom. The fourth-order valence-corrected chi connectivity index (χ4v) is 4.26. The quantitative estimate of drug-likeness (QED) is 0.479. The number of fused-ring (bicyclic) bond motifs is 1. The van der Waals surface area contributed by atoms with Gasteiger partial charge in [-0.2, -0.15) is 0 Å². The Kier molecular flexibility index (Phi) is 4.96. The van der Waals surface area contributed by atoms with E-state index < -0.39 is 0 Å². The molecule has 0 aliphatic heterocycles. The van der Waals surface area contributed by atoms with Gasteiger partial charge in [0, 0.05) is 16.9 Å². The van der Waals surface area contributed by atoms with Gasteiger partial charge in [0.25, 0.3) is 5.56 Å². The number of methoxy groups -OCH3 is 1. The summed E-state index contributed by atoms with van der Waals surface area (Å²) in [6.07, 6.45) is 6.00. The Balaban J connectivity index is 1.87. The highest BCUT2D eigenvalue weighted by molar-refractivity contribution is 7.21. The van der Waals surface area contributed by atoms with Gasteiger partial charge in [-0.05, 0) is 17.7 Å². The summed E-state index contributed by atoms with van der Waals surface area (Å²) in [4.78, 5) is 19.7. The summed E-state index contributed by atoms with van der Waals surface area (Å²) in [5, 5.41) is 0.600. The number of thiophene rings is 1. The van der Waals surface area contributed by atoms with Gasteiger partial charge in [-0.1, -0.05) is 54.5 Å². The standard InChI is InChI=1S/C23H18N2O2S/c1-3-13-25-21(14-17-11-7-8-12-19(17)27-2)24-22-18(23(25)26)15-20(28-22)16-9-5-4-6-10-16/h1,4-12,15H,13-14H2,2H3. The predicted molar refractivity (Wildman–Crippen MR) is 114 cm³/mol. The molecule has 0 N–H and O–H groups in total. The first-order chi connectivity index (χ1) is 13.7. The molecular formula is C23H18N2O2S. The molecule has 0 spiro atoms. The normalized spacial score (nSPS) is 10.7. The minimum atomic E-state index is -0.105. The van der Waals surface area contributed by atoms with Crippen molar-refractivity contribution in [3.8, 4) is 28.5 Å². The molecule has 4 rings (SSSR count). The van der Waals surface area contributed by atoms with Crippen LogP contribution in [-0.4, -0.2) is 16.7 Å². The van der Waals surface area contributed by atoms with Crippen LogP contribution in [-0.2, 0) is 13.0 Å². The molecule has 138 valence electrons. The molecule has 0 atom stereocenters. The number of hydrogen-bond acceptors (Lipinski definition) is 4. The zero-order valence-electron chi connectivity index (χ0n) is 15.4. The highest BCUT2D eigenvalue weighted by Gasteiger charge is 2.16. The smallest absolute Gasteiger partial charge is 0.263 e. The summed E-state index contributed by atoms with van der Waals surface area (Å²) in [6, 6.07) is 19.6. The van der Waals surface area contributed by atoms with Gasteiger partial charge in [0.15, 0.2) is 0 Å². The molecule has 5 heteroatoms. The summed E-state index contributed by atoms with van der Waals surface area (Å²) < 4.78 is 7.02. The first-order valence-corrected chi connectivity index (χ1v) is 9.67. The summed E-state index contributed by atoms with van der Waals surface area (Å²) in [6.45, 7) is 0.183. The molecule has 0 aliphatic rings. The molecular weight excluding hydrogens is 368 g/mol. The number of benzene rings is 2. The van der Waals surface area contributed by atoms with Crippen LogP contribution in [0.15, 0.2) is 65.5 Å². The van der Waals surface area contributed by atoms with Crippen molar-refractivity contribution >= 4 is 21.6 Å². The van der Waals surface area contributed by atoms with Crippen LogP contribution < -0.4 is 10.3 Å². The second kappa shape index (κ2) is 7.71. The Morgan fingerprint density at radius 1 is 1.14 bits per heavy atom. The molecule has 2 aromatic carbocycles. The van der Waals surface area contributed by atoms with Crippen molar-refractivity contribution in [2.45, 2.75) is 13.0 Å². The maximum Gasteiger partial charge on any atom is 0.263 e. The monoisotopic (exact) mass is 386 g/mol. The lowest BCUT2D eigenvalue weighted by Crippen LogP contribution is -2.24. The van der Waals surface area contributed by atoms with Gasteiger partial charge >= 0.3 is 0 Å². The van der Waals surface area contributed by atoms with E-state index in [0.29, 0.717) is 17.6 Å². The molecule has 2 aromatic heterocycles.